The zero-order valence-electron chi connectivity index (χ0n) is 14.8. The lowest BCUT2D eigenvalue weighted by atomic mass is 10.0. The number of carboxylic acid groups (broad SMARTS) is 1. The van der Waals surface area contributed by atoms with Crippen molar-refractivity contribution in [3.63, 3.8) is 0 Å². The van der Waals surface area contributed by atoms with Gasteiger partial charge in [-0.25, -0.2) is 4.79 Å². The number of halogens is 1. The molecule has 138 valence electrons. The van der Waals surface area contributed by atoms with Gasteiger partial charge in [-0.3, -0.25) is 0 Å². The molecule has 3 aromatic carbocycles. The number of hydrogen-bond acceptors (Lipinski definition) is 3. The summed E-state index contributed by atoms with van der Waals surface area (Å²) in [5.74, 6) is -0.253. The predicted octanol–water partition coefficient (Wildman–Crippen LogP) is 5.79. The summed E-state index contributed by atoms with van der Waals surface area (Å²) in [7, 11) is 0. The molecule has 0 spiro atoms. The molecule has 1 N–H and O–H groups in total. The summed E-state index contributed by atoms with van der Waals surface area (Å²) < 4.78 is 6.81. The minimum Gasteiger partial charge on any atom is -0.489 e. The Hall–Kier alpha value is -3.36. The molecule has 3 aromatic rings. The Morgan fingerprint density at radius 3 is 2.14 bits per heavy atom. The molecular formula is C23H16BrNO3. The van der Waals surface area contributed by atoms with Gasteiger partial charge in [-0.2, -0.15) is 5.26 Å². The molecule has 0 heterocycles. The normalized spacial score (nSPS) is 10.9. The first-order valence-corrected chi connectivity index (χ1v) is 9.27. The number of rotatable bonds is 6. The van der Waals surface area contributed by atoms with E-state index >= 15 is 0 Å². The lowest BCUT2D eigenvalue weighted by Gasteiger charge is -2.07. The first-order valence-electron chi connectivity index (χ1n) is 8.48. The standard InChI is InChI=1S/C23H16BrNO3/c24-21-9-1-17(2-10-21)15-28-22-11-3-16(4-12-22)13-20(14-25)18-5-7-19(8-6-18)23(26)27/h1-13H,15H2,(H,26,27). The van der Waals surface area contributed by atoms with E-state index in [0.717, 1.165) is 21.3 Å². The molecule has 0 bridgehead atoms. The van der Waals surface area contributed by atoms with Crippen molar-refractivity contribution in [3.05, 3.63) is 99.5 Å². The van der Waals surface area contributed by atoms with Gasteiger partial charge in [0.15, 0.2) is 0 Å². The maximum Gasteiger partial charge on any atom is 0.335 e. The molecule has 0 aliphatic heterocycles. The van der Waals surface area contributed by atoms with Crippen LogP contribution in [0.2, 0.25) is 0 Å². The second-order valence-corrected chi connectivity index (χ2v) is 6.95. The predicted molar refractivity (Wildman–Crippen MR) is 112 cm³/mol. The number of benzene rings is 3. The molecule has 0 aliphatic rings. The van der Waals surface area contributed by atoms with Gasteiger partial charge in [-0.15, -0.1) is 0 Å². The topological polar surface area (TPSA) is 70.3 Å². The Kier molecular flexibility index (Phi) is 6.25. The highest BCUT2D eigenvalue weighted by molar-refractivity contribution is 9.10. The van der Waals surface area contributed by atoms with E-state index < -0.39 is 5.97 Å². The average Bonchev–Trinajstić information content (AvgIpc) is 2.72. The minimum absolute atomic E-state index is 0.188. The zero-order valence-corrected chi connectivity index (χ0v) is 16.4. The third-order valence-corrected chi connectivity index (χ3v) is 4.60. The first kappa shape index (κ1) is 19.4. The van der Waals surface area contributed by atoms with Crippen LogP contribution in [0.1, 0.15) is 27.0 Å². The summed E-state index contributed by atoms with van der Waals surface area (Å²) in [6.45, 7) is 0.474. The highest BCUT2D eigenvalue weighted by atomic mass is 79.9. The quantitative estimate of drug-likeness (QED) is 0.394. The molecule has 0 fully saturated rings. The Balaban J connectivity index is 1.69. The summed E-state index contributed by atoms with van der Waals surface area (Å²) in [6, 6.07) is 23.8. The molecule has 5 heteroatoms. The number of carboxylic acids is 1. The highest BCUT2D eigenvalue weighted by Gasteiger charge is 2.05. The van der Waals surface area contributed by atoms with Gasteiger partial charge < -0.3 is 9.84 Å². The smallest absolute Gasteiger partial charge is 0.335 e. The van der Waals surface area contributed by atoms with Gasteiger partial charge >= 0.3 is 5.97 Å². The van der Waals surface area contributed by atoms with Crippen molar-refractivity contribution in [2.24, 2.45) is 0 Å². The van der Waals surface area contributed by atoms with Gasteiger partial charge in [0.1, 0.15) is 12.4 Å². The van der Waals surface area contributed by atoms with E-state index in [9.17, 15) is 10.1 Å². The lowest BCUT2D eigenvalue weighted by Crippen LogP contribution is -1.95. The number of ether oxygens (including phenoxy) is 1. The molecular weight excluding hydrogens is 418 g/mol. The van der Waals surface area contributed by atoms with Crippen LogP contribution in [0.3, 0.4) is 0 Å². The monoisotopic (exact) mass is 433 g/mol. The first-order chi connectivity index (χ1) is 13.5. The second-order valence-electron chi connectivity index (χ2n) is 6.04. The van der Waals surface area contributed by atoms with Crippen molar-refractivity contribution in [1.82, 2.24) is 0 Å². The van der Waals surface area contributed by atoms with E-state index in [4.69, 9.17) is 9.84 Å². The zero-order chi connectivity index (χ0) is 19.9. The fourth-order valence-electron chi connectivity index (χ4n) is 2.55. The van der Waals surface area contributed by atoms with Gasteiger partial charge in [0.25, 0.3) is 0 Å². The number of carbonyl (C=O) groups is 1. The van der Waals surface area contributed by atoms with Crippen LogP contribution >= 0.6 is 15.9 Å². The summed E-state index contributed by atoms with van der Waals surface area (Å²) in [6.07, 6.45) is 1.76. The average molecular weight is 434 g/mol. The molecule has 0 aromatic heterocycles. The number of allylic oxidation sites excluding steroid dienone is 1. The minimum atomic E-state index is -0.993. The molecule has 0 radical (unpaired) electrons. The van der Waals surface area contributed by atoms with Crippen molar-refractivity contribution < 1.29 is 14.6 Å². The number of nitriles is 1. The van der Waals surface area contributed by atoms with Crippen LogP contribution in [-0.2, 0) is 6.61 Å². The SMILES string of the molecule is N#CC(=Cc1ccc(OCc2ccc(Br)cc2)cc1)c1ccc(C(=O)O)cc1. The fraction of sp³-hybridized carbons (Fsp3) is 0.0435. The molecule has 28 heavy (non-hydrogen) atoms. The van der Waals surface area contributed by atoms with Crippen LogP contribution in [0, 0.1) is 11.3 Å². The van der Waals surface area contributed by atoms with Crippen molar-refractivity contribution in [2.45, 2.75) is 6.61 Å². The van der Waals surface area contributed by atoms with Gasteiger partial charge in [0.2, 0.25) is 0 Å². The van der Waals surface area contributed by atoms with E-state index in [1.165, 1.54) is 12.1 Å². The summed E-state index contributed by atoms with van der Waals surface area (Å²) in [4.78, 5) is 10.9. The fourth-order valence-corrected chi connectivity index (χ4v) is 2.81. The van der Waals surface area contributed by atoms with Crippen molar-refractivity contribution in [1.29, 1.82) is 5.26 Å². The maximum atomic E-state index is 10.9. The largest absolute Gasteiger partial charge is 0.489 e. The summed E-state index contributed by atoms with van der Waals surface area (Å²) in [5, 5.41) is 18.4. The third-order valence-electron chi connectivity index (χ3n) is 4.07. The number of aromatic carboxylic acids is 1. The van der Waals surface area contributed by atoms with E-state index in [-0.39, 0.29) is 5.56 Å². The van der Waals surface area contributed by atoms with Gasteiger partial charge in [-0.05, 0) is 59.2 Å². The van der Waals surface area contributed by atoms with Crippen molar-refractivity contribution in [2.75, 3.05) is 0 Å². The highest BCUT2D eigenvalue weighted by Crippen LogP contribution is 2.21. The van der Waals surface area contributed by atoms with E-state index in [1.807, 2.05) is 48.5 Å². The van der Waals surface area contributed by atoms with Crippen molar-refractivity contribution in [3.8, 4) is 11.8 Å². The lowest BCUT2D eigenvalue weighted by molar-refractivity contribution is 0.0697. The summed E-state index contributed by atoms with van der Waals surface area (Å²) in [5.41, 5.74) is 3.25. The molecule has 0 saturated carbocycles. The number of nitrogens with zero attached hydrogens (tertiary/aromatic N) is 1. The Bertz CT molecular complexity index is 1030. The second kappa shape index (κ2) is 9.03. The van der Waals surface area contributed by atoms with Gasteiger partial charge in [0.05, 0.1) is 17.2 Å². The molecule has 0 aliphatic carbocycles. The third kappa shape index (κ3) is 5.09. The molecule has 0 saturated heterocycles. The van der Waals surface area contributed by atoms with Crippen LogP contribution in [0.5, 0.6) is 5.75 Å². The van der Waals surface area contributed by atoms with E-state index in [2.05, 4.69) is 22.0 Å². The van der Waals surface area contributed by atoms with Crippen LogP contribution in [0.25, 0.3) is 11.6 Å². The maximum absolute atomic E-state index is 10.9. The Morgan fingerprint density at radius 1 is 0.964 bits per heavy atom. The van der Waals surface area contributed by atoms with E-state index in [1.54, 1.807) is 18.2 Å². The molecule has 0 amide bonds. The van der Waals surface area contributed by atoms with Crippen LogP contribution in [0.15, 0.2) is 77.3 Å². The molecule has 4 nitrogen and oxygen atoms in total. The van der Waals surface area contributed by atoms with Crippen molar-refractivity contribution >= 4 is 33.5 Å². The molecule has 3 rings (SSSR count). The Labute approximate surface area is 171 Å². The molecule has 0 atom stereocenters. The van der Waals surface area contributed by atoms with Crippen LogP contribution < -0.4 is 4.74 Å². The van der Waals surface area contributed by atoms with Gasteiger partial charge in [-0.1, -0.05) is 52.3 Å². The summed E-state index contributed by atoms with van der Waals surface area (Å²) >= 11 is 3.41. The van der Waals surface area contributed by atoms with Crippen LogP contribution in [0.4, 0.5) is 0 Å². The number of hydrogen-bond donors (Lipinski definition) is 1. The van der Waals surface area contributed by atoms with Crippen LogP contribution in [-0.4, -0.2) is 11.1 Å². The Morgan fingerprint density at radius 2 is 1.57 bits per heavy atom. The van der Waals surface area contributed by atoms with E-state index in [0.29, 0.717) is 17.7 Å². The van der Waals surface area contributed by atoms with Gasteiger partial charge in [0, 0.05) is 4.47 Å². The molecule has 0 unspecified atom stereocenters.